The van der Waals surface area contributed by atoms with Gasteiger partial charge in [0.15, 0.2) is 0 Å². The summed E-state index contributed by atoms with van der Waals surface area (Å²) in [6.45, 7) is 9.02. The number of hydrogen-bond acceptors (Lipinski definition) is 4. The number of anilines is 2. The fraction of sp³-hybridized carbons (Fsp3) is 0.389. The smallest absolute Gasteiger partial charge is 0.275 e. The predicted molar refractivity (Wildman–Crippen MR) is 98.9 cm³/mol. The first-order chi connectivity index (χ1) is 11.4. The molecule has 24 heavy (non-hydrogen) atoms. The Kier molecular flexibility index (Phi) is 6.15. The Bertz CT molecular complexity index is 690. The van der Waals surface area contributed by atoms with Crippen LogP contribution in [0.1, 0.15) is 41.9 Å². The normalized spacial score (nSPS) is 10.8. The minimum Gasteiger partial charge on any atom is -0.369 e. The van der Waals surface area contributed by atoms with Gasteiger partial charge in [-0.3, -0.25) is 4.79 Å². The maximum atomic E-state index is 12.3. The first-order valence-electron chi connectivity index (χ1n) is 8.01. The van der Waals surface area contributed by atoms with Crippen molar-refractivity contribution < 1.29 is 4.79 Å². The molecule has 1 aromatic heterocycles. The van der Waals surface area contributed by atoms with Crippen LogP contribution in [-0.2, 0) is 0 Å². The number of halogens is 1. The molecule has 0 aliphatic heterocycles. The lowest BCUT2D eigenvalue weighted by Gasteiger charge is -2.11. The van der Waals surface area contributed by atoms with Crippen molar-refractivity contribution in [1.29, 1.82) is 0 Å². The third-order valence-electron chi connectivity index (χ3n) is 3.58. The molecule has 2 rings (SSSR count). The Hall–Kier alpha value is -2.14. The summed E-state index contributed by atoms with van der Waals surface area (Å²) in [5.74, 6) is 0.958. The van der Waals surface area contributed by atoms with Gasteiger partial charge in [0.25, 0.3) is 5.91 Å². The molecule has 0 unspecified atom stereocenters. The molecule has 5 nitrogen and oxygen atoms in total. The number of nitrogens with one attached hydrogen (secondary N) is 2. The summed E-state index contributed by atoms with van der Waals surface area (Å²) < 4.78 is 0. The standard InChI is InChI=1S/C18H23ClN4O/c1-11(2)5-6-20-16-10-21-15(9-22-16)18(24)23-17-13(4)7-12(3)8-14(17)19/h7-11H,5-6H2,1-4H3,(H,20,22)(H,23,24). The predicted octanol–water partition coefficient (Wildman–Crippen LogP) is 4.46. The van der Waals surface area contributed by atoms with Gasteiger partial charge in [-0.15, -0.1) is 0 Å². The van der Waals surface area contributed by atoms with Gasteiger partial charge < -0.3 is 10.6 Å². The molecule has 0 aliphatic carbocycles. The molecule has 0 radical (unpaired) electrons. The molecule has 1 heterocycles. The Balaban J connectivity index is 2.03. The minimum atomic E-state index is -0.329. The number of aromatic nitrogens is 2. The summed E-state index contributed by atoms with van der Waals surface area (Å²) >= 11 is 6.21. The summed E-state index contributed by atoms with van der Waals surface area (Å²) in [6, 6.07) is 3.78. The van der Waals surface area contributed by atoms with Crippen molar-refractivity contribution in [2.24, 2.45) is 5.92 Å². The second-order valence-electron chi connectivity index (χ2n) is 6.29. The van der Waals surface area contributed by atoms with Crippen molar-refractivity contribution in [1.82, 2.24) is 9.97 Å². The van der Waals surface area contributed by atoms with Crippen molar-refractivity contribution in [3.63, 3.8) is 0 Å². The van der Waals surface area contributed by atoms with Gasteiger partial charge in [-0.2, -0.15) is 0 Å². The van der Waals surface area contributed by atoms with E-state index in [0.717, 1.165) is 24.1 Å². The fourth-order valence-corrected chi connectivity index (χ4v) is 2.65. The molecule has 0 bridgehead atoms. The average molecular weight is 347 g/mol. The maximum absolute atomic E-state index is 12.3. The number of carbonyl (C=O) groups is 1. The summed E-state index contributed by atoms with van der Waals surface area (Å²) in [5, 5.41) is 6.51. The Morgan fingerprint density at radius 3 is 2.54 bits per heavy atom. The zero-order valence-corrected chi connectivity index (χ0v) is 15.2. The summed E-state index contributed by atoms with van der Waals surface area (Å²) in [4.78, 5) is 20.7. The largest absolute Gasteiger partial charge is 0.369 e. The first-order valence-corrected chi connectivity index (χ1v) is 8.38. The van der Waals surface area contributed by atoms with Crippen LogP contribution in [-0.4, -0.2) is 22.4 Å². The van der Waals surface area contributed by atoms with Gasteiger partial charge in [0.2, 0.25) is 0 Å². The molecular weight excluding hydrogens is 324 g/mol. The van der Waals surface area contributed by atoms with Crippen LogP contribution in [0.3, 0.4) is 0 Å². The van der Waals surface area contributed by atoms with Crippen molar-refractivity contribution in [3.8, 4) is 0 Å². The number of carbonyl (C=O) groups excluding carboxylic acids is 1. The second kappa shape index (κ2) is 8.11. The van der Waals surface area contributed by atoms with E-state index in [2.05, 4.69) is 34.4 Å². The van der Waals surface area contributed by atoms with E-state index in [1.54, 1.807) is 6.20 Å². The van der Waals surface area contributed by atoms with E-state index in [-0.39, 0.29) is 11.6 Å². The second-order valence-corrected chi connectivity index (χ2v) is 6.70. The highest BCUT2D eigenvalue weighted by molar-refractivity contribution is 6.34. The van der Waals surface area contributed by atoms with Gasteiger partial charge in [0, 0.05) is 6.54 Å². The number of nitrogens with zero attached hydrogens (tertiary/aromatic N) is 2. The van der Waals surface area contributed by atoms with Gasteiger partial charge in [-0.25, -0.2) is 9.97 Å². The maximum Gasteiger partial charge on any atom is 0.275 e. The van der Waals surface area contributed by atoms with E-state index in [0.29, 0.717) is 22.4 Å². The van der Waals surface area contributed by atoms with Crippen molar-refractivity contribution in [2.75, 3.05) is 17.2 Å². The Labute approximate surface area is 147 Å². The molecule has 6 heteroatoms. The van der Waals surface area contributed by atoms with E-state index in [1.807, 2.05) is 26.0 Å². The van der Waals surface area contributed by atoms with Crippen LogP contribution in [0.2, 0.25) is 5.02 Å². The van der Waals surface area contributed by atoms with E-state index in [1.165, 1.54) is 6.20 Å². The molecule has 1 amide bonds. The molecule has 128 valence electrons. The number of hydrogen-bond donors (Lipinski definition) is 2. The molecular formula is C18H23ClN4O. The molecule has 1 aromatic carbocycles. The molecule has 0 atom stereocenters. The van der Waals surface area contributed by atoms with Crippen LogP contribution < -0.4 is 10.6 Å². The van der Waals surface area contributed by atoms with Gasteiger partial charge >= 0.3 is 0 Å². The third-order valence-corrected chi connectivity index (χ3v) is 3.88. The van der Waals surface area contributed by atoms with Gasteiger partial charge in [0.05, 0.1) is 23.1 Å². The summed E-state index contributed by atoms with van der Waals surface area (Å²) in [7, 11) is 0. The number of aryl methyl sites for hydroxylation is 2. The zero-order chi connectivity index (χ0) is 17.7. The van der Waals surface area contributed by atoms with Crippen molar-refractivity contribution in [2.45, 2.75) is 34.1 Å². The van der Waals surface area contributed by atoms with Crippen LogP contribution in [0.5, 0.6) is 0 Å². The van der Waals surface area contributed by atoms with Crippen LogP contribution in [0, 0.1) is 19.8 Å². The molecule has 0 spiro atoms. The Morgan fingerprint density at radius 2 is 1.96 bits per heavy atom. The zero-order valence-electron chi connectivity index (χ0n) is 14.5. The molecule has 2 N–H and O–H groups in total. The van der Waals surface area contributed by atoms with E-state index >= 15 is 0 Å². The molecule has 0 saturated heterocycles. The monoisotopic (exact) mass is 346 g/mol. The summed E-state index contributed by atoms with van der Waals surface area (Å²) in [6.07, 6.45) is 4.08. The Morgan fingerprint density at radius 1 is 1.21 bits per heavy atom. The number of rotatable bonds is 6. The fourth-order valence-electron chi connectivity index (χ4n) is 2.28. The van der Waals surface area contributed by atoms with Gasteiger partial charge in [-0.1, -0.05) is 31.5 Å². The molecule has 2 aromatic rings. The van der Waals surface area contributed by atoms with E-state index in [4.69, 9.17) is 11.6 Å². The topological polar surface area (TPSA) is 66.9 Å². The molecule has 0 saturated carbocycles. The van der Waals surface area contributed by atoms with Gasteiger partial charge in [0.1, 0.15) is 11.5 Å². The minimum absolute atomic E-state index is 0.250. The first kappa shape index (κ1) is 18.2. The molecule has 0 aliphatic rings. The van der Waals surface area contributed by atoms with E-state index < -0.39 is 0 Å². The highest BCUT2D eigenvalue weighted by Crippen LogP contribution is 2.27. The number of benzene rings is 1. The van der Waals surface area contributed by atoms with Crippen molar-refractivity contribution >= 4 is 29.0 Å². The highest BCUT2D eigenvalue weighted by Gasteiger charge is 2.13. The lowest BCUT2D eigenvalue weighted by Crippen LogP contribution is -2.16. The lowest BCUT2D eigenvalue weighted by atomic mass is 10.1. The molecule has 0 fully saturated rings. The van der Waals surface area contributed by atoms with E-state index in [9.17, 15) is 4.79 Å². The average Bonchev–Trinajstić information content (AvgIpc) is 2.51. The van der Waals surface area contributed by atoms with Crippen LogP contribution >= 0.6 is 11.6 Å². The quantitative estimate of drug-likeness (QED) is 0.810. The van der Waals surface area contributed by atoms with Crippen LogP contribution in [0.4, 0.5) is 11.5 Å². The van der Waals surface area contributed by atoms with Crippen LogP contribution in [0.25, 0.3) is 0 Å². The lowest BCUT2D eigenvalue weighted by molar-refractivity contribution is 0.102. The number of amides is 1. The van der Waals surface area contributed by atoms with Crippen LogP contribution in [0.15, 0.2) is 24.5 Å². The SMILES string of the molecule is Cc1cc(C)c(NC(=O)c2cnc(NCCC(C)C)cn2)c(Cl)c1. The van der Waals surface area contributed by atoms with Crippen molar-refractivity contribution in [3.05, 3.63) is 46.4 Å². The third kappa shape index (κ3) is 4.93. The highest BCUT2D eigenvalue weighted by atomic mass is 35.5. The summed E-state index contributed by atoms with van der Waals surface area (Å²) in [5.41, 5.74) is 2.81. The van der Waals surface area contributed by atoms with Gasteiger partial charge in [-0.05, 0) is 43.4 Å².